The quantitative estimate of drug-likeness (QED) is 0.342. The first kappa shape index (κ1) is 20.8. The lowest BCUT2D eigenvalue weighted by Crippen LogP contribution is -1.99. The van der Waals surface area contributed by atoms with Gasteiger partial charge in [0.05, 0.1) is 12.7 Å². The Morgan fingerprint density at radius 3 is 2.55 bits per heavy atom. The Labute approximate surface area is 186 Å². The van der Waals surface area contributed by atoms with Crippen molar-refractivity contribution in [3.8, 4) is 11.5 Å². The van der Waals surface area contributed by atoms with Crippen LogP contribution in [0.15, 0.2) is 78.4 Å². The minimum absolute atomic E-state index is 0.399. The van der Waals surface area contributed by atoms with E-state index in [-0.39, 0.29) is 0 Å². The Bertz CT molecular complexity index is 1180. The standard InChI is InChI=1S/C26H21ClO4/c1-17-4-3-5-19(12-17)16-30-23-11-6-18(14-25(23)29-2)13-21-15-24(31-26(21)28)20-7-9-22(27)10-8-20/h3-15H,16H2,1-2H3/b21-13+. The van der Waals surface area contributed by atoms with Gasteiger partial charge < -0.3 is 14.2 Å². The average molecular weight is 433 g/mol. The molecule has 3 aromatic carbocycles. The molecule has 0 radical (unpaired) electrons. The number of carbonyl (C=O) groups excluding carboxylic acids is 1. The van der Waals surface area contributed by atoms with E-state index in [1.165, 1.54) is 5.56 Å². The molecule has 1 heterocycles. The number of aryl methyl sites for hydroxylation is 1. The fraction of sp³-hybridized carbons (Fsp3) is 0.115. The average Bonchev–Trinajstić information content (AvgIpc) is 3.13. The third kappa shape index (κ3) is 4.98. The van der Waals surface area contributed by atoms with E-state index in [2.05, 4.69) is 6.07 Å². The highest BCUT2D eigenvalue weighted by atomic mass is 35.5. The Kier molecular flexibility index (Phi) is 6.10. The molecule has 3 aromatic rings. The highest BCUT2D eigenvalue weighted by Gasteiger charge is 2.22. The van der Waals surface area contributed by atoms with Crippen LogP contribution in [0.3, 0.4) is 0 Å². The molecule has 0 aliphatic carbocycles. The summed E-state index contributed by atoms with van der Waals surface area (Å²) in [5.41, 5.74) is 4.32. The molecule has 156 valence electrons. The van der Waals surface area contributed by atoms with Crippen molar-refractivity contribution in [2.45, 2.75) is 13.5 Å². The van der Waals surface area contributed by atoms with E-state index >= 15 is 0 Å². The van der Waals surface area contributed by atoms with Gasteiger partial charge in [-0.1, -0.05) is 47.5 Å². The Balaban J connectivity index is 1.53. The highest BCUT2D eigenvalue weighted by Crippen LogP contribution is 2.32. The third-order valence-corrected chi connectivity index (χ3v) is 5.09. The second kappa shape index (κ2) is 9.11. The molecule has 1 aliphatic rings. The molecule has 0 aromatic heterocycles. The maximum Gasteiger partial charge on any atom is 0.343 e. The SMILES string of the molecule is COc1cc(/C=C2\C=C(c3ccc(Cl)cc3)OC2=O)ccc1OCc1cccc(C)c1. The van der Waals surface area contributed by atoms with Crippen LogP contribution in [0.1, 0.15) is 22.3 Å². The van der Waals surface area contributed by atoms with E-state index in [1.54, 1.807) is 31.4 Å². The fourth-order valence-corrected chi connectivity index (χ4v) is 3.41. The molecule has 4 nitrogen and oxygen atoms in total. The lowest BCUT2D eigenvalue weighted by atomic mass is 10.1. The van der Waals surface area contributed by atoms with E-state index in [9.17, 15) is 4.79 Å². The Morgan fingerprint density at radius 1 is 1.00 bits per heavy atom. The van der Waals surface area contributed by atoms with Gasteiger partial charge >= 0.3 is 5.97 Å². The van der Waals surface area contributed by atoms with Gasteiger partial charge in [-0.3, -0.25) is 0 Å². The summed E-state index contributed by atoms with van der Waals surface area (Å²) in [4.78, 5) is 12.3. The summed E-state index contributed by atoms with van der Waals surface area (Å²) in [5, 5.41) is 0.626. The van der Waals surface area contributed by atoms with Gasteiger partial charge in [-0.05, 0) is 66.6 Å². The van der Waals surface area contributed by atoms with Crippen molar-refractivity contribution in [3.63, 3.8) is 0 Å². The predicted molar refractivity (Wildman–Crippen MR) is 122 cm³/mol. The molecule has 0 amide bonds. The summed E-state index contributed by atoms with van der Waals surface area (Å²) < 4.78 is 16.8. The largest absolute Gasteiger partial charge is 0.493 e. The number of ether oxygens (including phenoxy) is 3. The second-order valence-electron chi connectivity index (χ2n) is 7.19. The molecule has 0 atom stereocenters. The summed E-state index contributed by atoms with van der Waals surface area (Å²) in [7, 11) is 1.59. The van der Waals surface area contributed by atoms with E-state index in [1.807, 2.05) is 55.5 Å². The first-order valence-corrected chi connectivity index (χ1v) is 10.2. The first-order chi connectivity index (χ1) is 15.0. The van der Waals surface area contributed by atoms with Crippen LogP contribution in [-0.4, -0.2) is 13.1 Å². The third-order valence-electron chi connectivity index (χ3n) is 4.84. The van der Waals surface area contributed by atoms with Crippen molar-refractivity contribution in [2.24, 2.45) is 0 Å². The molecule has 4 rings (SSSR count). The summed E-state index contributed by atoms with van der Waals surface area (Å²) >= 11 is 5.93. The van der Waals surface area contributed by atoms with Crippen LogP contribution < -0.4 is 9.47 Å². The minimum Gasteiger partial charge on any atom is -0.493 e. The number of carbonyl (C=O) groups is 1. The van der Waals surface area contributed by atoms with Crippen LogP contribution in [-0.2, 0) is 16.1 Å². The zero-order chi connectivity index (χ0) is 21.8. The Hall–Kier alpha value is -3.50. The lowest BCUT2D eigenvalue weighted by molar-refractivity contribution is -0.130. The Morgan fingerprint density at radius 2 is 1.81 bits per heavy atom. The molecule has 0 spiro atoms. The van der Waals surface area contributed by atoms with Gasteiger partial charge in [0.1, 0.15) is 12.4 Å². The number of methoxy groups -OCH3 is 1. The van der Waals surface area contributed by atoms with E-state index < -0.39 is 5.97 Å². The fourth-order valence-electron chi connectivity index (χ4n) is 3.28. The molecule has 0 bridgehead atoms. The van der Waals surface area contributed by atoms with E-state index in [0.717, 1.165) is 16.7 Å². The van der Waals surface area contributed by atoms with Crippen molar-refractivity contribution >= 4 is 29.4 Å². The molecule has 0 saturated heterocycles. The van der Waals surface area contributed by atoms with Crippen molar-refractivity contribution in [3.05, 3.63) is 106 Å². The molecule has 0 N–H and O–H groups in total. The van der Waals surface area contributed by atoms with Gasteiger partial charge in [-0.2, -0.15) is 0 Å². The molecule has 31 heavy (non-hydrogen) atoms. The first-order valence-electron chi connectivity index (χ1n) is 9.80. The normalized spacial score (nSPS) is 14.4. The zero-order valence-electron chi connectivity index (χ0n) is 17.2. The minimum atomic E-state index is -0.399. The van der Waals surface area contributed by atoms with Crippen LogP contribution in [0, 0.1) is 6.92 Å². The number of cyclic esters (lactones) is 1. The molecule has 1 aliphatic heterocycles. The van der Waals surface area contributed by atoms with Crippen LogP contribution in [0.25, 0.3) is 11.8 Å². The number of hydrogen-bond acceptors (Lipinski definition) is 4. The van der Waals surface area contributed by atoms with E-state index in [4.69, 9.17) is 25.8 Å². The molecule has 0 saturated carbocycles. The van der Waals surface area contributed by atoms with Crippen LogP contribution in [0.4, 0.5) is 0 Å². The number of halogens is 1. The summed E-state index contributed by atoms with van der Waals surface area (Å²) in [6.45, 7) is 2.49. The van der Waals surface area contributed by atoms with Gasteiger partial charge in [0.25, 0.3) is 0 Å². The summed E-state index contributed by atoms with van der Waals surface area (Å²) in [6.07, 6.45) is 3.48. The van der Waals surface area contributed by atoms with Crippen LogP contribution in [0.5, 0.6) is 11.5 Å². The molecule has 0 unspecified atom stereocenters. The number of benzene rings is 3. The summed E-state index contributed by atoms with van der Waals surface area (Å²) in [5.74, 6) is 1.33. The molecule has 5 heteroatoms. The van der Waals surface area contributed by atoms with E-state index in [0.29, 0.717) is 34.5 Å². The van der Waals surface area contributed by atoms with Gasteiger partial charge in [-0.15, -0.1) is 0 Å². The van der Waals surface area contributed by atoms with Gasteiger partial charge in [0.2, 0.25) is 0 Å². The lowest BCUT2D eigenvalue weighted by Gasteiger charge is -2.12. The van der Waals surface area contributed by atoms with Gasteiger partial charge in [0, 0.05) is 10.6 Å². The van der Waals surface area contributed by atoms with Crippen LogP contribution >= 0.6 is 11.6 Å². The van der Waals surface area contributed by atoms with Crippen molar-refractivity contribution in [1.29, 1.82) is 0 Å². The number of hydrogen-bond donors (Lipinski definition) is 0. The van der Waals surface area contributed by atoms with Crippen molar-refractivity contribution in [1.82, 2.24) is 0 Å². The maximum absolute atomic E-state index is 12.3. The van der Waals surface area contributed by atoms with Crippen LogP contribution in [0.2, 0.25) is 5.02 Å². The van der Waals surface area contributed by atoms with Crippen molar-refractivity contribution < 1.29 is 19.0 Å². The van der Waals surface area contributed by atoms with Gasteiger partial charge in [0.15, 0.2) is 11.5 Å². The molecular weight excluding hydrogens is 412 g/mol. The van der Waals surface area contributed by atoms with Gasteiger partial charge in [-0.25, -0.2) is 4.79 Å². The monoisotopic (exact) mass is 432 g/mol. The number of esters is 1. The topological polar surface area (TPSA) is 44.8 Å². The second-order valence-corrected chi connectivity index (χ2v) is 7.63. The number of rotatable bonds is 6. The molecular formula is C26H21ClO4. The predicted octanol–water partition coefficient (Wildman–Crippen LogP) is 6.22. The smallest absolute Gasteiger partial charge is 0.343 e. The zero-order valence-corrected chi connectivity index (χ0v) is 18.0. The maximum atomic E-state index is 12.3. The molecule has 0 fully saturated rings. The summed E-state index contributed by atoms with van der Waals surface area (Å²) in [6, 6.07) is 20.9. The van der Waals surface area contributed by atoms with Crippen molar-refractivity contribution in [2.75, 3.05) is 7.11 Å². The highest BCUT2D eigenvalue weighted by molar-refractivity contribution is 6.30.